The number of hydrogen-bond donors (Lipinski definition) is 0. The van der Waals surface area contributed by atoms with Crippen LogP contribution in [0.3, 0.4) is 0 Å². The number of non-ortho nitro benzene ring substituents is 1. The number of nitro benzene ring substituents is 1. The van der Waals surface area contributed by atoms with Crippen LogP contribution in [0.15, 0.2) is 47.5 Å². The van der Waals surface area contributed by atoms with Gasteiger partial charge in [0, 0.05) is 36.1 Å². The lowest BCUT2D eigenvalue weighted by Gasteiger charge is -2.27. The number of ether oxygens (including phenoxy) is 2. The van der Waals surface area contributed by atoms with Gasteiger partial charge in [0.1, 0.15) is 0 Å². The normalized spacial score (nSPS) is 15.4. The summed E-state index contributed by atoms with van der Waals surface area (Å²) < 4.78 is 10.5. The van der Waals surface area contributed by atoms with Crippen LogP contribution in [0.4, 0.5) is 11.4 Å². The molecule has 1 aliphatic rings. The van der Waals surface area contributed by atoms with E-state index in [1.807, 2.05) is 0 Å². The molecule has 0 spiro atoms. The second-order valence-corrected chi connectivity index (χ2v) is 6.96. The van der Waals surface area contributed by atoms with E-state index < -0.39 is 4.92 Å². The fourth-order valence-electron chi connectivity index (χ4n) is 2.73. The molecule has 0 atom stereocenters. The van der Waals surface area contributed by atoms with Gasteiger partial charge in [-0.1, -0.05) is 11.8 Å². The van der Waals surface area contributed by atoms with E-state index in [1.165, 1.54) is 36.0 Å². The molecule has 2 aromatic carbocycles. The molecule has 0 N–H and O–H groups in total. The quantitative estimate of drug-likeness (QED) is 0.557. The van der Waals surface area contributed by atoms with Gasteiger partial charge in [0.05, 0.1) is 24.8 Å². The van der Waals surface area contributed by atoms with Crippen molar-refractivity contribution in [3.8, 4) is 11.5 Å². The van der Waals surface area contributed by atoms with Gasteiger partial charge in [-0.25, -0.2) is 4.99 Å². The first-order chi connectivity index (χ1) is 13.5. The molecule has 0 radical (unpaired) electrons. The molecule has 1 fully saturated rings. The molecule has 0 unspecified atom stereocenters. The molecule has 0 bridgehead atoms. The second-order valence-electron chi connectivity index (χ2n) is 5.90. The number of amides is 1. The second kappa shape index (κ2) is 8.75. The van der Waals surface area contributed by atoms with Gasteiger partial charge in [-0.05, 0) is 30.7 Å². The molecule has 1 heterocycles. The van der Waals surface area contributed by atoms with E-state index in [9.17, 15) is 14.9 Å². The average molecular weight is 401 g/mol. The Bertz CT molecular complexity index is 914. The lowest BCUT2D eigenvalue weighted by atomic mass is 10.2. The molecule has 3 rings (SSSR count). The maximum Gasteiger partial charge on any atom is 0.269 e. The number of rotatable bonds is 5. The van der Waals surface area contributed by atoms with E-state index >= 15 is 0 Å². The van der Waals surface area contributed by atoms with Crippen LogP contribution in [-0.2, 0) is 0 Å². The summed E-state index contributed by atoms with van der Waals surface area (Å²) in [5, 5.41) is 11.4. The van der Waals surface area contributed by atoms with Crippen LogP contribution in [-0.4, -0.2) is 47.4 Å². The van der Waals surface area contributed by atoms with Gasteiger partial charge in [0.25, 0.3) is 11.6 Å². The topological polar surface area (TPSA) is 94.3 Å². The van der Waals surface area contributed by atoms with E-state index in [-0.39, 0.29) is 11.6 Å². The first-order valence-electron chi connectivity index (χ1n) is 8.53. The molecule has 28 heavy (non-hydrogen) atoms. The first kappa shape index (κ1) is 19.7. The Kier molecular flexibility index (Phi) is 6.15. The number of amidine groups is 1. The highest BCUT2D eigenvalue weighted by atomic mass is 32.2. The number of thioether (sulfide) groups is 1. The SMILES string of the molecule is COc1ccc(N=C2SCCCN2C(=O)c2ccc([N+](=O)[O-])cc2)cc1OC. The Labute approximate surface area is 166 Å². The van der Waals surface area contributed by atoms with E-state index in [4.69, 9.17) is 9.47 Å². The zero-order chi connectivity index (χ0) is 20.1. The van der Waals surface area contributed by atoms with Crippen LogP contribution >= 0.6 is 11.8 Å². The molecule has 146 valence electrons. The predicted octanol–water partition coefficient (Wildman–Crippen LogP) is 3.88. The van der Waals surface area contributed by atoms with E-state index in [0.29, 0.717) is 34.5 Å². The molecule has 8 nitrogen and oxygen atoms in total. The van der Waals surface area contributed by atoms with Crippen molar-refractivity contribution in [2.45, 2.75) is 6.42 Å². The summed E-state index contributed by atoms with van der Waals surface area (Å²) in [6, 6.07) is 10.9. The third-order valence-corrected chi connectivity index (χ3v) is 5.21. The van der Waals surface area contributed by atoms with Gasteiger partial charge in [0.15, 0.2) is 16.7 Å². The highest BCUT2D eigenvalue weighted by molar-refractivity contribution is 8.13. The summed E-state index contributed by atoms with van der Waals surface area (Å²) >= 11 is 1.50. The number of carbonyl (C=O) groups is 1. The van der Waals surface area contributed by atoms with Gasteiger partial charge in [-0.3, -0.25) is 19.8 Å². The summed E-state index contributed by atoms with van der Waals surface area (Å²) in [7, 11) is 3.11. The van der Waals surface area contributed by atoms with Crippen molar-refractivity contribution in [1.29, 1.82) is 0 Å². The number of hydrogen-bond acceptors (Lipinski definition) is 7. The summed E-state index contributed by atoms with van der Waals surface area (Å²) in [5.41, 5.74) is 0.973. The van der Waals surface area contributed by atoms with E-state index in [0.717, 1.165) is 12.2 Å². The molecular formula is C19H19N3O5S. The molecule has 1 saturated heterocycles. The van der Waals surface area contributed by atoms with Crippen molar-refractivity contribution in [2.75, 3.05) is 26.5 Å². The molecule has 1 aliphatic heterocycles. The molecule has 1 amide bonds. The largest absolute Gasteiger partial charge is 0.493 e. The van der Waals surface area contributed by atoms with Crippen molar-refractivity contribution >= 4 is 34.2 Å². The third kappa shape index (κ3) is 4.25. The number of benzene rings is 2. The van der Waals surface area contributed by atoms with Gasteiger partial charge in [-0.2, -0.15) is 0 Å². The predicted molar refractivity (Wildman–Crippen MR) is 108 cm³/mol. The van der Waals surface area contributed by atoms with Crippen LogP contribution in [0.2, 0.25) is 0 Å². The number of methoxy groups -OCH3 is 2. The zero-order valence-corrected chi connectivity index (χ0v) is 16.3. The molecule has 2 aromatic rings. The van der Waals surface area contributed by atoms with E-state index in [2.05, 4.69) is 4.99 Å². The van der Waals surface area contributed by atoms with Crippen molar-refractivity contribution in [3.05, 3.63) is 58.1 Å². The Morgan fingerprint density at radius 1 is 1.14 bits per heavy atom. The van der Waals surface area contributed by atoms with Crippen molar-refractivity contribution in [1.82, 2.24) is 4.90 Å². The van der Waals surface area contributed by atoms with Crippen molar-refractivity contribution in [2.24, 2.45) is 4.99 Å². The lowest BCUT2D eigenvalue weighted by Crippen LogP contribution is -2.39. The molecule has 9 heteroatoms. The van der Waals surface area contributed by atoms with Crippen LogP contribution in [0.1, 0.15) is 16.8 Å². The fraction of sp³-hybridized carbons (Fsp3) is 0.263. The number of carbonyl (C=O) groups excluding carboxylic acids is 1. The maximum absolute atomic E-state index is 12.9. The molecule has 0 saturated carbocycles. The number of nitro groups is 1. The lowest BCUT2D eigenvalue weighted by molar-refractivity contribution is -0.384. The fourth-order valence-corrected chi connectivity index (χ4v) is 3.68. The van der Waals surface area contributed by atoms with Gasteiger partial charge >= 0.3 is 0 Å². The zero-order valence-electron chi connectivity index (χ0n) is 15.5. The minimum atomic E-state index is -0.491. The van der Waals surface area contributed by atoms with Crippen molar-refractivity contribution < 1.29 is 19.2 Å². The van der Waals surface area contributed by atoms with Crippen LogP contribution in [0, 0.1) is 10.1 Å². The monoisotopic (exact) mass is 401 g/mol. The number of nitrogens with zero attached hydrogens (tertiary/aromatic N) is 3. The summed E-state index contributed by atoms with van der Waals surface area (Å²) in [6.45, 7) is 0.537. The van der Waals surface area contributed by atoms with Gasteiger partial charge in [0.2, 0.25) is 0 Å². The summed E-state index contributed by atoms with van der Waals surface area (Å²) in [4.78, 5) is 29.5. The number of aliphatic imine (C=N–C) groups is 1. The van der Waals surface area contributed by atoms with Crippen molar-refractivity contribution in [3.63, 3.8) is 0 Å². The Hall–Kier alpha value is -3.07. The highest BCUT2D eigenvalue weighted by Gasteiger charge is 2.25. The van der Waals surface area contributed by atoms with Crippen LogP contribution in [0.5, 0.6) is 11.5 Å². The van der Waals surface area contributed by atoms with Crippen LogP contribution < -0.4 is 9.47 Å². The Morgan fingerprint density at radius 2 is 1.86 bits per heavy atom. The van der Waals surface area contributed by atoms with Gasteiger partial charge < -0.3 is 9.47 Å². The summed E-state index contributed by atoms with van der Waals surface area (Å²) in [5.74, 6) is 1.78. The Morgan fingerprint density at radius 3 is 2.50 bits per heavy atom. The molecular weight excluding hydrogens is 382 g/mol. The summed E-state index contributed by atoms with van der Waals surface area (Å²) in [6.07, 6.45) is 0.842. The molecule has 0 aliphatic carbocycles. The van der Waals surface area contributed by atoms with Crippen LogP contribution in [0.25, 0.3) is 0 Å². The smallest absolute Gasteiger partial charge is 0.269 e. The minimum absolute atomic E-state index is 0.0520. The first-order valence-corrected chi connectivity index (χ1v) is 9.52. The average Bonchev–Trinajstić information content (AvgIpc) is 2.73. The van der Waals surface area contributed by atoms with E-state index in [1.54, 1.807) is 37.3 Å². The third-order valence-electron chi connectivity index (χ3n) is 4.15. The van der Waals surface area contributed by atoms with Gasteiger partial charge in [-0.15, -0.1) is 0 Å². The highest BCUT2D eigenvalue weighted by Crippen LogP contribution is 2.32. The standard InChI is InChI=1S/C19H19N3O5S/c1-26-16-9-6-14(12-17(16)27-2)20-19-21(10-3-11-28-19)18(23)13-4-7-15(8-5-13)22(24)25/h4-9,12H,3,10-11H2,1-2H3. The minimum Gasteiger partial charge on any atom is -0.493 e. The molecule has 0 aromatic heterocycles. The maximum atomic E-state index is 12.9. The Balaban J connectivity index is 1.88.